The highest BCUT2D eigenvalue weighted by atomic mass is 35.5. The lowest BCUT2D eigenvalue weighted by molar-refractivity contribution is 0.101. The molecular weight excluding hydrogens is 274 g/mol. The van der Waals surface area contributed by atoms with Crippen molar-refractivity contribution in [3.8, 4) is 11.8 Å². The first-order valence-electron chi connectivity index (χ1n) is 6.02. The Kier molecular flexibility index (Phi) is 4.46. The second kappa shape index (κ2) is 6.29. The van der Waals surface area contributed by atoms with E-state index in [4.69, 9.17) is 17.3 Å². The Bertz CT molecular complexity index is 677. The Hall–Kier alpha value is -2.22. The van der Waals surface area contributed by atoms with Gasteiger partial charge in [0, 0.05) is 24.5 Å². The Morgan fingerprint density at radius 1 is 1.40 bits per heavy atom. The monoisotopic (exact) mass is 287 g/mol. The van der Waals surface area contributed by atoms with Gasteiger partial charge in [0.25, 0.3) is 5.91 Å². The fourth-order valence-electron chi connectivity index (χ4n) is 1.74. The summed E-state index contributed by atoms with van der Waals surface area (Å²) in [7, 11) is 1.77. The number of hydrogen-bond acceptors (Lipinski definition) is 2. The van der Waals surface area contributed by atoms with Crippen LogP contribution >= 0.6 is 11.6 Å². The average Bonchev–Trinajstić information content (AvgIpc) is 2.77. The number of nitrogens with zero attached hydrogens (tertiary/aromatic N) is 1. The Labute approximate surface area is 122 Å². The standard InChI is InChI=1S/C15H14ClN3O/c1-19-10-12(16)9-14(19)15(20)18-13-6-4-11(5-7-13)3-2-8-17/h4-7,9-10H,8,17H2,1H3,(H,18,20). The third-order valence-corrected chi connectivity index (χ3v) is 2.89. The molecule has 3 N–H and O–H groups in total. The van der Waals surface area contributed by atoms with Gasteiger partial charge in [-0.15, -0.1) is 0 Å². The average molecular weight is 288 g/mol. The number of aromatic nitrogens is 1. The molecule has 0 saturated carbocycles. The minimum Gasteiger partial charge on any atom is -0.345 e. The number of rotatable bonds is 2. The molecule has 0 aliphatic heterocycles. The second-order valence-electron chi connectivity index (χ2n) is 4.19. The number of amides is 1. The number of anilines is 1. The fraction of sp³-hybridized carbons (Fsp3) is 0.133. The molecule has 1 amide bonds. The highest BCUT2D eigenvalue weighted by Crippen LogP contribution is 2.15. The first-order chi connectivity index (χ1) is 9.60. The van der Waals surface area contributed by atoms with Crippen molar-refractivity contribution in [1.82, 2.24) is 4.57 Å². The molecule has 0 aliphatic rings. The van der Waals surface area contributed by atoms with Crippen LogP contribution in [0.1, 0.15) is 16.1 Å². The van der Waals surface area contributed by atoms with Crippen LogP contribution in [0.25, 0.3) is 0 Å². The highest BCUT2D eigenvalue weighted by Gasteiger charge is 2.11. The summed E-state index contributed by atoms with van der Waals surface area (Å²) < 4.78 is 1.68. The largest absolute Gasteiger partial charge is 0.345 e. The van der Waals surface area contributed by atoms with E-state index in [1.807, 2.05) is 12.1 Å². The van der Waals surface area contributed by atoms with Gasteiger partial charge in [0.2, 0.25) is 0 Å². The lowest BCUT2D eigenvalue weighted by Gasteiger charge is -2.06. The van der Waals surface area contributed by atoms with E-state index in [1.54, 1.807) is 36.0 Å². The minimum atomic E-state index is -0.208. The van der Waals surface area contributed by atoms with Gasteiger partial charge >= 0.3 is 0 Å². The Morgan fingerprint density at radius 2 is 2.10 bits per heavy atom. The van der Waals surface area contributed by atoms with Crippen LogP contribution in [0.15, 0.2) is 36.5 Å². The van der Waals surface area contributed by atoms with Crippen LogP contribution in [0.3, 0.4) is 0 Å². The van der Waals surface area contributed by atoms with Crippen molar-refractivity contribution >= 4 is 23.2 Å². The lowest BCUT2D eigenvalue weighted by Crippen LogP contribution is -2.15. The van der Waals surface area contributed by atoms with Gasteiger partial charge in [0.1, 0.15) is 5.69 Å². The molecule has 2 rings (SSSR count). The topological polar surface area (TPSA) is 60.0 Å². The van der Waals surface area contributed by atoms with E-state index in [1.165, 1.54) is 0 Å². The van der Waals surface area contributed by atoms with Crippen LogP contribution in [-0.2, 0) is 7.05 Å². The molecule has 2 aromatic rings. The number of nitrogens with two attached hydrogens (primary N) is 1. The predicted molar refractivity (Wildman–Crippen MR) is 80.8 cm³/mol. The van der Waals surface area contributed by atoms with E-state index in [9.17, 15) is 4.79 Å². The SMILES string of the molecule is Cn1cc(Cl)cc1C(=O)Nc1ccc(C#CCN)cc1. The molecule has 102 valence electrons. The first kappa shape index (κ1) is 14.2. The van der Waals surface area contributed by atoms with Crippen molar-refractivity contribution in [2.45, 2.75) is 0 Å². The summed E-state index contributed by atoms with van der Waals surface area (Å²) in [4.78, 5) is 12.1. The third-order valence-electron chi connectivity index (χ3n) is 2.68. The molecule has 0 fully saturated rings. The van der Waals surface area contributed by atoms with Crippen molar-refractivity contribution in [3.05, 3.63) is 52.8 Å². The quantitative estimate of drug-likeness (QED) is 0.832. The summed E-state index contributed by atoms with van der Waals surface area (Å²) in [5.41, 5.74) is 7.37. The number of halogens is 1. The maximum atomic E-state index is 12.1. The zero-order chi connectivity index (χ0) is 14.5. The minimum absolute atomic E-state index is 0.208. The Morgan fingerprint density at radius 3 is 2.65 bits per heavy atom. The van der Waals surface area contributed by atoms with Crippen molar-refractivity contribution in [2.24, 2.45) is 12.8 Å². The molecule has 1 heterocycles. The molecule has 4 nitrogen and oxygen atoms in total. The predicted octanol–water partition coefficient (Wildman–Crippen LogP) is 2.24. The fourth-order valence-corrected chi connectivity index (χ4v) is 1.98. The van der Waals surface area contributed by atoms with Gasteiger partial charge in [-0.3, -0.25) is 4.79 Å². The van der Waals surface area contributed by atoms with Gasteiger partial charge in [0.05, 0.1) is 11.6 Å². The van der Waals surface area contributed by atoms with Crippen molar-refractivity contribution in [2.75, 3.05) is 11.9 Å². The summed E-state index contributed by atoms with van der Waals surface area (Å²) in [5, 5.41) is 3.34. The molecule has 0 saturated heterocycles. The van der Waals surface area contributed by atoms with E-state index >= 15 is 0 Å². The molecule has 0 aliphatic carbocycles. The van der Waals surface area contributed by atoms with Gasteiger partial charge in [0.15, 0.2) is 0 Å². The van der Waals surface area contributed by atoms with Crippen LogP contribution in [-0.4, -0.2) is 17.0 Å². The molecule has 1 aromatic heterocycles. The molecule has 0 spiro atoms. The summed E-state index contributed by atoms with van der Waals surface area (Å²) in [5.74, 6) is 5.48. The van der Waals surface area contributed by atoms with Gasteiger partial charge in [-0.25, -0.2) is 0 Å². The number of carbonyl (C=O) groups is 1. The summed E-state index contributed by atoms with van der Waals surface area (Å²) in [6, 6.07) is 8.87. The number of benzene rings is 1. The normalized spacial score (nSPS) is 9.75. The van der Waals surface area contributed by atoms with E-state index in [0.29, 0.717) is 22.9 Å². The Balaban J connectivity index is 2.10. The highest BCUT2D eigenvalue weighted by molar-refractivity contribution is 6.31. The second-order valence-corrected chi connectivity index (χ2v) is 4.63. The molecule has 0 radical (unpaired) electrons. The number of hydrogen-bond donors (Lipinski definition) is 2. The van der Waals surface area contributed by atoms with E-state index < -0.39 is 0 Å². The molecule has 20 heavy (non-hydrogen) atoms. The maximum Gasteiger partial charge on any atom is 0.272 e. The van der Waals surface area contributed by atoms with Crippen molar-refractivity contribution < 1.29 is 4.79 Å². The van der Waals surface area contributed by atoms with Crippen LogP contribution in [0.4, 0.5) is 5.69 Å². The maximum absolute atomic E-state index is 12.1. The number of nitrogens with one attached hydrogen (secondary N) is 1. The van der Waals surface area contributed by atoms with Crippen molar-refractivity contribution in [1.29, 1.82) is 0 Å². The van der Waals surface area contributed by atoms with Gasteiger partial charge in [-0.2, -0.15) is 0 Å². The van der Waals surface area contributed by atoms with Gasteiger partial charge < -0.3 is 15.6 Å². The van der Waals surface area contributed by atoms with Crippen LogP contribution in [0.5, 0.6) is 0 Å². The summed E-state index contributed by atoms with van der Waals surface area (Å²) in [6.07, 6.45) is 1.68. The zero-order valence-electron chi connectivity index (χ0n) is 11.0. The molecule has 0 bridgehead atoms. The van der Waals surface area contributed by atoms with Gasteiger partial charge in [-0.05, 0) is 30.3 Å². The molecule has 0 unspecified atom stereocenters. The zero-order valence-corrected chi connectivity index (χ0v) is 11.7. The number of carbonyl (C=O) groups excluding carboxylic acids is 1. The van der Waals surface area contributed by atoms with E-state index in [2.05, 4.69) is 17.2 Å². The van der Waals surface area contributed by atoms with Crippen LogP contribution in [0.2, 0.25) is 5.02 Å². The first-order valence-corrected chi connectivity index (χ1v) is 6.40. The molecular formula is C15H14ClN3O. The summed E-state index contributed by atoms with van der Waals surface area (Å²) >= 11 is 5.86. The number of aryl methyl sites for hydroxylation is 1. The molecule has 1 aromatic carbocycles. The van der Waals surface area contributed by atoms with Crippen molar-refractivity contribution in [3.63, 3.8) is 0 Å². The van der Waals surface area contributed by atoms with E-state index in [-0.39, 0.29) is 5.91 Å². The smallest absolute Gasteiger partial charge is 0.272 e. The third kappa shape index (κ3) is 3.41. The van der Waals surface area contributed by atoms with E-state index in [0.717, 1.165) is 5.56 Å². The molecule has 5 heteroatoms. The molecule has 0 atom stereocenters. The summed E-state index contributed by atoms with van der Waals surface area (Å²) in [6.45, 7) is 0.326. The lowest BCUT2D eigenvalue weighted by atomic mass is 10.2. The van der Waals surface area contributed by atoms with Gasteiger partial charge in [-0.1, -0.05) is 23.4 Å². The van der Waals surface area contributed by atoms with Crippen LogP contribution in [0, 0.1) is 11.8 Å². The van der Waals surface area contributed by atoms with Crippen LogP contribution < -0.4 is 11.1 Å².